The van der Waals surface area contributed by atoms with E-state index in [1.165, 1.54) is 16.7 Å². The van der Waals surface area contributed by atoms with Crippen molar-refractivity contribution in [2.75, 3.05) is 19.7 Å². The van der Waals surface area contributed by atoms with Crippen LogP contribution in [0.3, 0.4) is 0 Å². The van der Waals surface area contributed by atoms with Gasteiger partial charge < -0.3 is 15.4 Å². The number of nitrogens with zero attached hydrogens (tertiary/aromatic N) is 1. The zero-order valence-corrected chi connectivity index (χ0v) is 16.2. The third kappa shape index (κ3) is 6.88. The summed E-state index contributed by atoms with van der Waals surface area (Å²) < 4.78 is 5.43. The van der Waals surface area contributed by atoms with Gasteiger partial charge in [-0.25, -0.2) is 4.99 Å². The number of ether oxygens (including phenoxy) is 1. The summed E-state index contributed by atoms with van der Waals surface area (Å²) >= 11 is 1.74. The fraction of sp³-hybridized carbons (Fsp3) is 0.450. The molecule has 0 bridgehead atoms. The highest BCUT2D eigenvalue weighted by Gasteiger charge is 2.07. The second-order valence-corrected chi connectivity index (χ2v) is 6.77. The van der Waals surface area contributed by atoms with E-state index in [1.54, 1.807) is 11.3 Å². The molecule has 1 aromatic heterocycles. The Morgan fingerprint density at radius 3 is 2.52 bits per heavy atom. The molecule has 0 amide bonds. The molecule has 1 aromatic carbocycles. The molecule has 25 heavy (non-hydrogen) atoms. The lowest BCUT2D eigenvalue weighted by molar-refractivity contribution is 0.134. The van der Waals surface area contributed by atoms with E-state index in [9.17, 15) is 0 Å². The summed E-state index contributed by atoms with van der Waals surface area (Å²) in [6.45, 7) is 10.1. The summed E-state index contributed by atoms with van der Waals surface area (Å²) in [4.78, 5) is 4.69. The van der Waals surface area contributed by atoms with E-state index < -0.39 is 0 Å². The Balaban J connectivity index is 1.87. The smallest absolute Gasteiger partial charge is 0.191 e. The van der Waals surface area contributed by atoms with E-state index in [2.05, 4.69) is 65.6 Å². The minimum absolute atomic E-state index is 0.466. The van der Waals surface area contributed by atoms with Gasteiger partial charge in [-0.05, 0) is 53.3 Å². The van der Waals surface area contributed by atoms with Gasteiger partial charge in [0.2, 0.25) is 0 Å². The number of aliphatic imine (C=N–C) groups is 1. The molecule has 0 saturated heterocycles. The molecule has 0 fully saturated rings. The van der Waals surface area contributed by atoms with Crippen molar-refractivity contribution in [3.63, 3.8) is 0 Å². The number of nitrogens with one attached hydrogen (secondary N) is 2. The topological polar surface area (TPSA) is 45.7 Å². The van der Waals surface area contributed by atoms with E-state index in [0.29, 0.717) is 19.1 Å². The molecule has 0 saturated carbocycles. The summed E-state index contributed by atoms with van der Waals surface area (Å²) in [6, 6.07) is 10.6. The number of benzene rings is 1. The van der Waals surface area contributed by atoms with Crippen molar-refractivity contribution in [1.29, 1.82) is 0 Å². The molecule has 0 aliphatic rings. The van der Waals surface area contributed by atoms with E-state index in [0.717, 1.165) is 25.7 Å². The maximum atomic E-state index is 5.43. The van der Waals surface area contributed by atoms with Crippen molar-refractivity contribution >= 4 is 17.3 Å². The monoisotopic (exact) mass is 359 g/mol. The molecule has 1 heterocycles. The largest absolute Gasteiger partial charge is 0.377 e. The third-order valence-electron chi connectivity index (χ3n) is 3.95. The van der Waals surface area contributed by atoms with Gasteiger partial charge in [0.1, 0.15) is 0 Å². The molecule has 5 heteroatoms. The van der Waals surface area contributed by atoms with Crippen LogP contribution in [0, 0.1) is 0 Å². The van der Waals surface area contributed by atoms with Crippen LogP contribution in [0.5, 0.6) is 0 Å². The van der Waals surface area contributed by atoms with Gasteiger partial charge in [0.05, 0.1) is 13.2 Å². The fourth-order valence-corrected chi connectivity index (χ4v) is 3.18. The lowest BCUT2D eigenvalue weighted by atomic mass is 10.1. The van der Waals surface area contributed by atoms with Crippen LogP contribution in [0.4, 0.5) is 0 Å². The summed E-state index contributed by atoms with van der Waals surface area (Å²) in [5, 5.41) is 11.1. The van der Waals surface area contributed by atoms with Gasteiger partial charge >= 0.3 is 0 Å². The normalized spacial score (nSPS) is 12.8. The van der Waals surface area contributed by atoms with E-state index in [4.69, 9.17) is 9.73 Å². The van der Waals surface area contributed by atoms with Gasteiger partial charge in [-0.1, -0.05) is 31.2 Å². The highest BCUT2D eigenvalue weighted by molar-refractivity contribution is 7.07. The zero-order valence-electron chi connectivity index (χ0n) is 15.4. The van der Waals surface area contributed by atoms with Gasteiger partial charge in [-0.2, -0.15) is 11.3 Å². The van der Waals surface area contributed by atoms with Crippen LogP contribution in [0.2, 0.25) is 0 Å². The van der Waals surface area contributed by atoms with Crippen LogP contribution < -0.4 is 10.6 Å². The predicted molar refractivity (Wildman–Crippen MR) is 107 cm³/mol. The van der Waals surface area contributed by atoms with E-state index in [-0.39, 0.29) is 0 Å². The quantitative estimate of drug-likeness (QED) is 0.522. The molecule has 0 aliphatic heterocycles. The van der Waals surface area contributed by atoms with Crippen molar-refractivity contribution in [2.24, 2.45) is 4.99 Å². The SMILES string of the molecule is CCNC(=NCc1ccc(COCC)cc1)NCC(C)c1ccsc1. The van der Waals surface area contributed by atoms with Crippen LogP contribution in [0.15, 0.2) is 46.1 Å². The lowest BCUT2D eigenvalue weighted by Crippen LogP contribution is -2.39. The number of guanidine groups is 1. The number of thiophene rings is 1. The van der Waals surface area contributed by atoms with Gasteiger partial charge in [-0.15, -0.1) is 0 Å². The minimum atomic E-state index is 0.466. The summed E-state index contributed by atoms with van der Waals surface area (Å²) in [5.74, 6) is 1.33. The molecule has 1 atom stereocenters. The van der Waals surface area contributed by atoms with E-state index in [1.807, 2.05) is 6.92 Å². The van der Waals surface area contributed by atoms with Crippen molar-refractivity contribution in [1.82, 2.24) is 10.6 Å². The first-order valence-electron chi connectivity index (χ1n) is 8.92. The predicted octanol–water partition coefficient (Wildman–Crippen LogP) is 4.14. The Kier molecular flexibility index (Phi) is 8.49. The standard InChI is InChI=1S/C20H29N3OS/c1-4-21-20(22-12-16(3)19-10-11-25-15-19)23-13-17-6-8-18(9-7-17)14-24-5-2/h6-11,15-16H,4-5,12-14H2,1-3H3,(H2,21,22,23). The van der Waals surface area contributed by atoms with Gasteiger partial charge in [-0.3, -0.25) is 0 Å². The second kappa shape index (κ2) is 10.9. The Morgan fingerprint density at radius 1 is 1.12 bits per heavy atom. The van der Waals surface area contributed by atoms with Crippen molar-refractivity contribution in [3.05, 3.63) is 57.8 Å². The molecular weight excluding hydrogens is 330 g/mol. The van der Waals surface area contributed by atoms with Crippen molar-refractivity contribution in [3.8, 4) is 0 Å². The first kappa shape index (κ1) is 19.5. The molecule has 0 radical (unpaired) electrons. The zero-order chi connectivity index (χ0) is 17.9. The lowest BCUT2D eigenvalue weighted by Gasteiger charge is -2.15. The highest BCUT2D eigenvalue weighted by Crippen LogP contribution is 2.17. The summed E-state index contributed by atoms with van der Waals surface area (Å²) in [5.41, 5.74) is 3.77. The van der Waals surface area contributed by atoms with Gasteiger partial charge in [0.15, 0.2) is 5.96 Å². The first-order chi connectivity index (χ1) is 12.2. The Morgan fingerprint density at radius 2 is 1.88 bits per heavy atom. The van der Waals surface area contributed by atoms with Crippen LogP contribution in [-0.2, 0) is 17.9 Å². The molecule has 2 N–H and O–H groups in total. The molecule has 0 aliphatic carbocycles. The van der Waals surface area contributed by atoms with E-state index >= 15 is 0 Å². The number of rotatable bonds is 9. The summed E-state index contributed by atoms with van der Waals surface area (Å²) in [6.07, 6.45) is 0. The number of hydrogen-bond acceptors (Lipinski definition) is 3. The molecule has 0 spiro atoms. The molecule has 2 rings (SSSR count). The van der Waals surface area contributed by atoms with Crippen molar-refractivity contribution < 1.29 is 4.74 Å². The van der Waals surface area contributed by atoms with Gasteiger partial charge in [0.25, 0.3) is 0 Å². The number of hydrogen-bond donors (Lipinski definition) is 2. The molecule has 1 unspecified atom stereocenters. The molecule has 136 valence electrons. The Bertz CT molecular complexity index is 623. The van der Waals surface area contributed by atoms with Crippen LogP contribution in [0.25, 0.3) is 0 Å². The van der Waals surface area contributed by atoms with Gasteiger partial charge in [0, 0.05) is 19.7 Å². The molecule has 2 aromatic rings. The Hall–Kier alpha value is -1.85. The second-order valence-electron chi connectivity index (χ2n) is 5.99. The molecule has 4 nitrogen and oxygen atoms in total. The maximum absolute atomic E-state index is 5.43. The third-order valence-corrected chi connectivity index (χ3v) is 4.65. The average Bonchev–Trinajstić information content (AvgIpc) is 3.17. The highest BCUT2D eigenvalue weighted by atomic mass is 32.1. The summed E-state index contributed by atoms with van der Waals surface area (Å²) in [7, 11) is 0. The average molecular weight is 360 g/mol. The fourth-order valence-electron chi connectivity index (χ4n) is 2.40. The first-order valence-corrected chi connectivity index (χ1v) is 9.87. The molecular formula is C20H29N3OS. The van der Waals surface area contributed by atoms with Crippen LogP contribution in [0.1, 0.15) is 43.4 Å². The van der Waals surface area contributed by atoms with Crippen LogP contribution >= 0.6 is 11.3 Å². The minimum Gasteiger partial charge on any atom is -0.377 e. The van der Waals surface area contributed by atoms with Crippen molar-refractivity contribution in [2.45, 2.75) is 39.8 Å². The maximum Gasteiger partial charge on any atom is 0.191 e. The van der Waals surface area contributed by atoms with Crippen LogP contribution in [-0.4, -0.2) is 25.7 Å². The Labute approximate surface area is 155 Å².